The van der Waals surface area contributed by atoms with E-state index in [1.54, 1.807) is 11.0 Å². The first kappa shape index (κ1) is 21.4. The predicted molar refractivity (Wildman–Crippen MR) is 126 cm³/mol. The van der Waals surface area contributed by atoms with Crippen molar-refractivity contribution in [1.29, 1.82) is 0 Å². The first-order valence-electron chi connectivity index (χ1n) is 11.0. The SMILES string of the molecule is Cc1ccc2oc3c(c(=O)c2c1)C(c1ccc(Br)cc1)N(CCCN1CCOCC1)C3=O. The highest BCUT2D eigenvalue weighted by molar-refractivity contribution is 9.10. The summed E-state index contributed by atoms with van der Waals surface area (Å²) in [6.07, 6.45) is 0.819. The lowest BCUT2D eigenvalue weighted by molar-refractivity contribution is 0.0353. The summed E-state index contributed by atoms with van der Waals surface area (Å²) in [5.74, 6) is -0.0416. The van der Waals surface area contributed by atoms with Crippen molar-refractivity contribution in [3.05, 3.63) is 79.6 Å². The molecule has 3 heterocycles. The van der Waals surface area contributed by atoms with Crippen LogP contribution in [-0.4, -0.2) is 55.1 Å². The zero-order valence-corrected chi connectivity index (χ0v) is 19.6. The van der Waals surface area contributed by atoms with Gasteiger partial charge in [-0.15, -0.1) is 0 Å². The number of aryl methyl sites for hydroxylation is 1. The number of morpholine rings is 1. The van der Waals surface area contributed by atoms with Crippen LogP contribution in [0.2, 0.25) is 0 Å². The van der Waals surface area contributed by atoms with Crippen molar-refractivity contribution in [3.8, 4) is 0 Å². The van der Waals surface area contributed by atoms with Crippen LogP contribution in [0.15, 0.2) is 56.1 Å². The molecule has 2 aromatic carbocycles. The van der Waals surface area contributed by atoms with Crippen molar-refractivity contribution < 1.29 is 13.9 Å². The van der Waals surface area contributed by atoms with Gasteiger partial charge in [-0.25, -0.2) is 0 Å². The lowest BCUT2D eigenvalue weighted by atomic mass is 9.98. The molecule has 1 fully saturated rings. The maximum absolute atomic E-state index is 13.6. The minimum Gasteiger partial charge on any atom is -0.450 e. The van der Waals surface area contributed by atoms with Gasteiger partial charge in [0.25, 0.3) is 5.91 Å². The van der Waals surface area contributed by atoms with E-state index in [0.717, 1.165) is 54.9 Å². The fraction of sp³-hybridized carbons (Fsp3) is 0.360. The number of nitrogens with zero attached hydrogens (tertiary/aromatic N) is 2. The Morgan fingerprint density at radius 3 is 2.53 bits per heavy atom. The summed E-state index contributed by atoms with van der Waals surface area (Å²) in [7, 11) is 0. The van der Waals surface area contributed by atoms with Gasteiger partial charge in [0.05, 0.1) is 30.2 Å². The Balaban J connectivity index is 1.53. The molecule has 0 radical (unpaired) electrons. The fourth-order valence-corrected chi connectivity index (χ4v) is 4.91. The Labute approximate surface area is 194 Å². The van der Waals surface area contributed by atoms with Crippen LogP contribution in [0.1, 0.15) is 39.7 Å². The van der Waals surface area contributed by atoms with Crippen LogP contribution in [0.3, 0.4) is 0 Å². The van der Waals surface area contributed by atoms with Crippen molar-refractivity contribution >= 4 is 32.8 Å². The highest BCUT2D eigenvalue weighted by Crippen LogP contribution is 2.38. The highest BCUT2D eigenvalue weighted by Gasteiger charge is 2.42. The van der Waals surface area contributed by atoms with E-state index >= 15 is 0 Å². The van der Waals surface area contributed by atoms with Gasteiger partial charge in [0.1, 0.15) is 5.58 Å². The largest absolute Gasteiger partial charge is 0.450 e. The van der Waals surface area contributed by atoms with Gasteiger partial charge >= 0.3 is 0 Å². The van der Waals surface area contributed by atoms with Crippen molar-refractivity contribution in [3.63, 3.8) is 0 Å². The van der Waals surface area contributed by atoms with Crippen LogP contribution in [0, 0.1) is 6.92 Å². The molecule has 0 spiro atoms. The number of hydrogen-bond acceptors (Lipinski definition) is 5. The number of fused-ring (bicyclic) bond motifs is 2. The van der Waals surface area contributed by atoms with E-state index in [1.165, 1.54) is 0 Å². The Morgan fingerprint density at radius 1 is 1.03 bits per heavy atom. The molecule has 0 N–H and O–H groups in total. The number of ether oxygens (including phenoxy) is 1. The molecule has 166 valence electrons. The average Bonchev–Trinajstić information content (AvgIpc) is 3.08. The van der Waals surface area contributed by atoms with E-state index < -0.39 is 6.04 Å². The number of amides is 1. The van der Waals surface area contributed by atoms with Gasteiger partial charge in [0.2, 0.25) is 5.76 Å². The van der Waals surface area contributed by atoms with Gasteiger partial charge in [0, 0.05) is 30.7 Å². The third kappa shape index (κ3) is 3.89. The molecule has 0 aliphatic carbocycles. The highest BCUT2D eigenvalue weighted by atomic mass is 79.9. The Kier molecular flexibility index (Phi) is 5.88. The molecule has 7 heteroatoms. The van der Waals surface area contributed by atoms with Gasteiger partial charge < -0.3 is 14.1 Å². The molecule has 2 aliphatic rings. The van der Waals surface area contributed by atoms with Gasteiger partial charge in [-0.3, -0.25) is 14.5 Å². The Morgan fingerprint density at radius 2 is 1.78 bits per heavy atom. The number of hydrogen-bond donors (Lipinski definition) is 0. The molecule has 1 aromatic heterocycles. The van der Waals surface area contributed by atoms with Crippen molar-refractivity contribution in [2.75, 3.05) is 39.4 Å². The smallest absolute Gasteiger partial charge is 0.290 e. The van der Waals surface area contributed by atoms with Crippen LogP contribution >= 0.6 is 15.9 Å². The first-order valence-corrected chi connectivity index (χ1v) is 11.8. The first-order chi connectivity index (χ1) is 15.5. The summed E-state index contributed by atoms with van der Waals surface area (Å²) in [6.45, 7) is 6.71. The topological polar surface area (TPSA) is 63.0 Å². The summed E-state index contributed by atoms with van der Waals surface area (Å²) in [6, 6.07) is 12.9. The molecule has 1 saturated heterocycles. The second kappa shape index (κ2) is 8.81. The fourth-order valence-electron chi connectivity index (χ4n) is 4.65. The minimum atomic E-state index is -0.448. The molecule has 1 amide bonds. The molecule has 0 bridgehead atoms. The summed E-state index contributed by atoms with van der Waals surface area (Å²) >= 11 is 3.48. The standard InChI is InChI=1S/C25H25BrN2O4/c1-16-3-8-20-19(15-16)23(29)21-22(17-4-6-18(26)7-5-17)28(25(30)24(21)32-20)10-2-9-27-11-13-31-14-12-27/h3-8,15,22H,2,9-14H2,1H3. The van der Waals surface area contributed by atoms with Crippen LogP contribution in [-0.2, 0) is 4.74 Å². The number of halogens is 1. The Bertz CT molecular complexity index is 1220. The van der Waals surface area contributed by atoms with E-state index in [1.807, 2.05) is 43.3 Å². The predicted octanol–water partition coefficient (Wildman–Crippen LogP) is 4.13. The summed E-state index contributed by atoms with van der Waals surface area (Å²) in [5, 5.41) is 0.522. The maximum Gasteiger partial charge on any atom is 0.290 e. The number of carbonyl (C=O) groups is 1. The zero-order valence-electron chi connectivity index (χ0n) is 18.0. The van der Waals surface area contributed by atoms with E-state index in [2.05, 4.69) is 20.8 Å². The van der Waals surface area contributed by atoms with Gasteiger partial charge in [0.15, 0.2) is 5.43 Å². The normalized spacial score (nSPS) is 19.0. The van der Waals surface area contributed by atoms with E-state index in [9.17, 15) is 9.59 Å². The monoisotopic (exact) mass is 496 g/mol. The van der Waals surface area contributed by atoms with Gasteiger partial charge in [-0.2, -0.15) is 0 Å². The van der Waals surface area contributed by atoms with Crippen molar-refractivity contribution in [2.24, 2.45) is 0 Å². The minimum absolute atomic E-state index is 0.123. The zero-order chi connectivity index (χ0) is 22.2. The van der Waals surface area contributed by atoms with E-state index in [4.69, 9.17) is 9.15 Å². The molecule has 32 heavy (non-hydrogen) atoms. The molecule has 0 saturated carbocycles. The van der Waals surface area contributed by atoms with Crippen LogP contribution in [0.4, 0.5) is 0 Å². The van der Waals surface area contributed by atoms with Crippen LogP contribution < -0.4 is 5.43 Å². The van der Waals surface area contributed by atoms with Gasteiger partial charge in [-0.1, -0.05) is 39.7 Å². The molecule has 6 nitrogen and oxygen atoms in total. The van der Waals surface area contributed by atoms with E-state index in [-0.39, 0.29) is 17.1 Å². The van der Waals surface area contributed by atoms with E-state index in [0.29, 0.717) is 23.1 Å². The molecule has 5 rings (SSSR count). The summed E-state index contributed by atoms with van der Waals surface area (Å²) in [4.78, 5) is 31.2. The number of rotatable bonds is 5. The molecule has 2 aliphatic heterocycles. The second-order valence-corrected chi connectivity index (χ2v) is 9.35. The van der Waals surface area contributed by atoms with Crippen molar-refractivity contribution in [2.45, 2.75) is 19.4 Å². The van der Waals surface area contributed by atoms with Crippen LogP contribution in [0.25, 0.3) is 11.0 Å². The molecular formula is C25H25BrN2O4. The molecular weight excluding hydrogens is 472 g/mol. The molecule has 1 atom stereocenters. The van der Waals surface area contributed by atoms with Gasteiger partial charge in [-0.05, 0) is 43.2 Å². The summed E-state index contributed by atoms with van der Waals surface area (Å²) in [5.41, 5.74) is 2.67. The molecule has 1 unspecified atom stereocenters. The lowest BCUT2D eigenvalue weighted by Crippen LogP contribution is -2.38. The average molecular weight is 497 g/mol. The number of benzene rings is 2. The molecule has 3 aromatic rings. The van der Waals surface area contributed by atoms with Crippen molar-refractivity contribution in [1.82, 2.24) is 9.80 Å². The third-order valence-electron chi connectivity index (χ3n) is 6.28. The maximum atomic E-state index is 13.6. The lowest BCUT2D eigenvalue weighted by Gasteiger charge is -2.29. The Hall–Kier alpha value is -2.48. The number of carbonyl (C=O) groups excluding carboxylic acids is 1. The quantitative estimate of drug-likeness (QED) is 0.531. The summed E-state index contributed by atoms with van der Waals surface area (Å²) < 4.78 is 12.4. The second-order valence-electron chi connectivity index (χ2n) is 8.43. The van der Waals surface area contributed by atoms with Crippen LogP contribution in [0.5, 0.6) is 0 Å². The third-order valence-corrected chi connectivity index (χ3v) is 6.81.